The number of nitrogens with zero attached hydrogens (tertiary/aromatic N) is 2. The van der Waals surface area contributed by atoms with Gasteiger partial charge < -0.3 is 5.32 Å². The fraction of sp³-hybridized carbons (Fsp3) is 0.118. The Kier molecular flexibility index (Phi) is 4.52. The summed E-state index contributed by atoms with van der Waals surface area (Å²) in [6.07, 6.45) is 3.24. The van der Waals surface area contributed by atoms with E-state index in [0.717, 1.165) is 4.88 Å². The number of aromatic nitrogens is 2. The normalized spacial score (nSPS) is 10.6. The van der Waals surface area contributed by atoms with Crippen molar-refractivity contribution >= 4 is 17.2 Å². The molecular formula is C17H14FN3O2S. The number of aryl methyl sites for hydroxylation is 1. The molecule has 0 saturated heterocycles. The van der Waals surface area contributed by atoms with Crippen molar-refractivity contribution in [3.8, 4) is 5.69 Å². The predicted octanol–water partition coefficient (Wildman–Crippen LogP) is 2.67. The number of nitrogens with one attached hydrogen (secondary N) is 1. The molecule has 2 aromatic heterocycles. The van der Waals surface area contributed by atoms with Crippen LogP contribution in [0.3, 0.4) is 0 Å². The molecule has 0 spiro atoms. The zero-order valence-corrected chi connectivity index (χ0v) is 13.6. The van der Waals surface area contributed by atoms with Gasteiger partial charge in [-0.25, -0.2) is 4.39 Å². The molecule has 24 heavy (non-hydrogen) atoms. The van der Waals surface area contributed by atoms with Crippen molar-refractivity contribution < 1.29 is 9.18 Å². The predicted molar refractivity (Wildman–Crippen MR) is 90.0 cm³/mol. The van der Waals surface area contributed by atoms with Crippen LogP contribution in [0, 0.1) is 12.7 Å². The second kappa shape index (κ2) is 6.76. The highest BCUT2D eigenvalue weighted by Crippen LogP contribution is 2.10. The molecule has 0 atom stereocenters. The number of rotatable bonds is 4. The van der Waals surface area contributed by atoms with Crippen molar-refractivity contribution in [2.75, 3.05) is 0 Å². The first kappa shape index (κ1) is 16.1. The Balaban J connectivity index is 1.92. The maximum Gasteiger partial charge on any atom is 0.268 e. The monoisotopic (exact) mass is 343 g/mol. The van der Waals surface area contributed by atoms with E-state index in [1.54, 1.807) is 30.9 Å². The number of hydrogen-bond acceptors (Lipinski definition) is 4. The Morgan fingerprint density at radius 3 is 2.71 bits per heavy atom. The van der Waals surface area contributed by atoms with Gasteiger partial charge in [-0.2, -0.15) is 0 Å². The third kappa shape index (κ3) is 3.26. The van der Waals surface area contributed by atoms with E-state index >= 15 is 0 Å². The second-order valence-electron chi connectivity index (χ2n) is 5.18. The Morgan fingerprint density at radius 1 is 1.29 bits per heavy atom. The molecule has 0 bridgehead atoms. The molecule has 0 aliphatic carbocycles. The number of benzene rings is 1. The zero-order chi connectivity index (χ0) is 17.1. The van der Waals surface area contributed by atoms with Crippen LogP contribution in [0.2, 0.25) is 0 Å². The van der Waals surface area contributed by atoms with Crippen molar-refractivity contribution in [3.05, 3.63) is 80.4 Å². The van der Waals surface area contributed by atoms with Crippen LogP contribution in [-0.4, -0.2) is 15.5 Å². The van der Waals surface area contributed by atoms with Crippen LogP contribution in [0.5, 0.6) is 0 Å². The third-order valence-electron chi connectivity index (χ3n) is 3.54. The van der Waals surface area contributed by atoms with Crippen LogP contribution in [0.1, 0.15) is 20.8 Å². The molecule has 0 aliphatic rings. The average Bonchev–Trinajstić information content (AvgIpc) is 3.08. The van der Waals surface area contributed by atoms with Crippen LogP contribution in [0.25, 0.3) is 5.69 Å². The highest BCUT2D eigenvalue weighted by atomic mass is 32.1. The van der Waals surface area contributed by atoms with Gasteiger partial charge in [-0.15, -0.1) is 11.3 Å². The number of amides is 1. The van der Waals surface area contributed by atoms with Gasteiger partial charge in [-0.3, -0.25) is 19.1 Å². The first-order valence-electron chi connectivity index (χ1n) is 7.20. The van der Waals surface area contributed by atoms with E-state index < -0.39 is 11.5 Å². The van der Waals surface area contributed by atoms with E-state index in [4.69, 9.17) is 0 Å². The molecule has 1 N–H and O–H groups in total. The Hall–Kier alpha value is -2.80. The van der Waals surface area contributed by atoms with Crippen LogP contribution < -0.4 is 10.9 Å². The lowest BCUT2D eigenvalue weighted by Gasteiger charge is -2.11. The minimum atomic E-state index is -0.442. The first-order chi connectivity index (χ1) is 11.6. The van der Waals surface area contributed by atoms with E-state index in [9.17, 15) is 14.0 Å². The Morgan fingerprint density at radius 2 is 2.04 bits per heavy atom. The summed E-state index contributed by atoms with van der Waals surface area (Å²) in [4.78, 5) is 29.9. The van der Waals surface area contributed by atoms with Crippen LogP contribution in [-0.2, 0) is 6.54 Å². The molecule has 0 unspecified atom stereocenters. The number of halogens is 1. The minimum Gasteiger partial charge on any atom is -0.347 e. The topological polar surface area (TPSA) is 64.0 Å². The van der Waals surface area contributed by atoms with Gasteiger partial charge in [-0.05, 0) is 42.8 Å². The number of thiazole rings is 1. The van der Waals surface area contributed by atoms with Crippen molar-refractivity contribution in [1.29, 1.82) is 0 Å². The van der Waals surface area contributed by atoms with Gasteiger partial charge in [0.05, 0.1) is 12.1 Å². The number of pyridine rings is 1. The number of carbonyl (C=O) groups excluding carboxylic acids is 1. The summed E-state index contributed by atoms with van der Waals surface area (Å²) in [5.41, 5.74) is 2.39. The Labute approximate surface area is 141 Å². The molecule has 2 heterocycles. The minimum absolute atomic E-state index is 0.0753. The molecule has 3 aromatic rings. The number of carbonyl (C=O) groups is 1. The van der Waals surface area contributed by atoms with Crippen molar-refractivity contribution in [2.24, 2.45) is 0 Å². The smallest absolute Gasteiger partial charge is 0.268 e. The molecule has 5 nitrogen and oxygen atoms in total. The molecule has 7 heteroatoms. The van der Waals surface area contributed by atoms with Gasteiger partial charge >= 0.3 is 0 Å². The standard InChI is InChI=1S/C17H14FN3O2S/c1-11-6-7-21(13-4-2-12(18)3-5-13)17(23)15(11)16(22)20-9-14-8-19-10-24-14/h2-8,10H,9H2,1H3,(H,20,22). The molecule has 0 saturated carbocycles. The lowest BCUT2D eigenvalue weighted by molar-refractivity contribution is 0.0949. The summed E-state index contributed by atoms with van der Waals surface area (Å²) in [5.74, 6) is -0.830. The van der Waals surface area contributed by atoms with E-state index in [-0.39, 0.29) is 11.4 Å². The summed E-state index contributed by atoms with van der Waals surface area (Å²) in [5, 5.41) is 2.73. The van der Waals surface area contributed by atoms with Crippen LogP contribution in [0.4, 0.5) is 4.39 Å². The van der Waals surface area contributed by atoms with E-state index in [2.05, 4.69) is 10.3 Å². The van der Waals surface area contributed by atoms with E-state index in [1.807, 2.05) is 0 Å². The van der Waals surface area contributed by atoms with Gasteiger partial charge in [-0.1, -0.05) is 0 Å². The van der Waals surface area contributed by atoms with Gasteiger partial charge in [0.1, 0.15) is 11.4 Å². The lowest BCUT2D eigenvalue weighted by Crippen LogP contribution is -2.33. The van der Waals surface area contributed by atoms with Crippen molar-refractivity contribution in [1.82, 2.24) is 14.9 Å². The summed E-state index contributed by atoms with van der Waals surface area (Å²) >= 11 is 1.43. The summed E-state index contributed by atoms with van der Waals surface area (Å²) in [6, 6.07) is 7.21. The third-order valence-corrected chi connectivity index (χ3v) is 4.32. The Bertz CT molecular complexity index is 918. The molecule has 0 aliphatic heterocycles. The van der Waals surface area contributed by atoms with Crippen LogP contribution in [0.15, 0.2) is 53.0 Å². The molecule has 122 valence electrons. The lowest BCUT2D eigenvalue weighted by atomic mass is 10.1. The van der Waals surface area contributed by atoms with E-state index in [0.29, 0.717) is 17.8 Å². The highest BCUT2D eigenvalue weighted by Gasteiger charge is 2.16. The SMILES string of the molecule is Cc1ccn(-c2ccc(F)cc2)c(=O)c1C(=O)NCc1cncs1. The summed E-state index contributed by atoms with van der Waals surface area (Å²) < 4.78 is 14.4. The van der Waals surface area contributed by atoms with Gasteiger partial charge in [0, 0.05) is 23.0 Å². The van der Waals surface area contributed by atoms with Crippen LogP contribution >= 0.6 is 11.3 Å². The van der Waals surface area contributed by atoms with E-state index in [1.165, 1.54) is 40.2 Å². The quantitative estimate of drug-likeness (QED) is 0.792. The molecule has 0 fully saturated rings. The van der Waals surface area contributed by atoms with Gasteiger partial charge in [0.15, 0.2) is 0 Å². The van der Waals surface area contributed by atoms with Crippen molar-refractivity contribution in [3.63, 3.8) is 0 Å². The number of hydrogen-bond donors (Lipinski definition) is 1. The second-order valence-corrected chi connectivity index (χ2v) is 6.15. The first-order valence-corrected chi connectivity index (χ1v) is 8.08. The zero-order valence-electron chi connectivity index (χ0n) is 12.8. The largest absolute Gasteiger partial charge is 0.347 e. The molecule has 0 radical (unpaired) electrons. The molecule has 3 rings (SSSR count). The summed E-state index contributed by atoms with van der Waals surface area (Å²) in [6.45, 7) is 2.02. The maximum atomic E-state index is 13.1. The summed E-state index contributed by atoms with van der Waals surface area (Å²) in [7, 11) is 0. The fourth-order valence-corrected chi connectivity index (χ4v) is 2.83. The maximum absolute atomic E-state index is 13.1. The molecule has 1 amide bonds. The van der Waals surface area contributed by atoms with Gasteiger partial charge in [0.25, 0.3) is 11.5 Å². The average molecular weight is 343 g/mol. The molecule has 1 aromatic carbocycles. The highest BCUT2D eigenvalue weighted by molar-refractivity contribution is 7.09. The fourth-order valence-electron chi connectivity index (χ4n) is 2.29. The van der Waals surface area contributed by atoms with Crippen molar-refractivity contribution in [2.45, 2.75) is 13.5 Å². The van der Waals surface area contributed by atoms with Gasteiger partial charge in [0.2, 0.25) is 0 Å². The molecular weight excluding hydrogens is 329 g/mol.